The molecule has 0 radical (unpaired) electrons. The van der Waals surface area contributed by atoms with Gasteiger partial charge in [-0.1, -0.05) is 53.5 Å². The maximum atomic E-state index is 12.3. The zero-order valence-corrected chi connectivity index (χ0v) is 15.3. The first-order valence-corrected chi connectivity index (χ1v) is 8.70. The average molecular weight is 380 g/mol. The molecule has 25 heavy (non-hydrogen) atoms. The second kappa shape index (κ2) is 9.44. The molecule has 1 unspecified atom stereocenters. The Morgan fingerprint density at radius 3 is 2.52 bits per heavy atom. The summed E-state index contributed by atoms with van der Waals surface area (Å²) in [7, 11) is 0. The van der Waals surface area contributed by atoms with Crippen LogP contribution in [0.3, 0.4) is 0 Å². The lowest BCUT2D eigenvalue weighted by atomic mass is 9.99. The summed E-state index contributed by atoms with van der Waals surface area (Å²) in [5.74, 6) is -1.21. The van der Waals surface area contributed by atoms with Crippen LogP contribution in [0.25, 0.3) is 0 Å². The normalized spacial score (nSPS) is 11.6. The van der Waals surface area contributed by atoms with Crippen LogP contribution in [0.5, 0.6) is 0 Å². The monoisotopic (exact) mass is 379 g/mol. The molecule has 1 N–H and O–H groups in total. The minimum Gasteiger partial charge on any atom is -0.466 e. The lowest BCUT2D eigenvalue weighted by Crippen LogP contribution is -2.35. The molecule has 2 aromatic rings. The van der Waals surface area contributed by atoms with Crippen molar-refractivity contribution in [3.63, 3.8) is 0 Å². The number of carbonyl (C=O) groups excluding carboxylic acids is 2. The van der Waals surface area contributed by atoms with Crippen LogP contribution in [-0.2, 0) is 16.0 Å². The van der Waals surface area contributed by atoms with E-state index < -0.39 is 5.92 Å². The number of carbonyl (C=O) groups is 2. The molecule has 0 aliphatic rings. The Bertz CT molecular complexity index is 735. The molecule has 0 aliphatic heterocycles. The van der Waals surface area contributed by atoms with Crippen molar-refractivity contribution < 1.29 is 14.3 Å². The SMILES string of the molecule is CCOC(=O)C(CNC(=O)c1cc(Cl)ccc1Cl)Cc1ccccc1. The Hall–Kier alpha value is -2.04. The van der Waals surface area contributed by atoms with Gasteiger partial charge in [-0.05, 0) is 37.1 Å². The maximum absolute atomic E-state index is 12.3. The fourth-order valence-electron chi connectivity index (χ4n) is 2.38. The number of nitrogens with one attached hydrogen (secondary N) is 1. The standard InChI is InChI=1S/C19H19Cl2NO3/c1-2-25-19(24)14(10-13-6-4-3-5-7-13)12-22-18(23)16-11-15(20)8-9-17(16)21/h3-9,11,14H,2,10,12H2,1H3,(H,22,23). The van der Waals surface area contributed by atoms with Gasteiger partial charge in [0.15, 0.2) is 0 Å². The lowest BCUT2D eigenvalue weighted by molar-refractivity contribution is -0.147. The first kappa shape index (κ1) is 19.3. The highest BCUT2D eigenvalue weighted by Gasteiger charge is 2.22. The third-order valence-corrected chi connectivity index (χ3v) is 4.19. The van der Waals surface area contributed by atoms with E-state index in [2.05, 4.69) is 5.32 Å². The second-order valence-corrected chi connectivity index (χ2v) is 6.32. The summed E-state index contributed by atoms with van der Waals surface area (Å²) in [4.78, 5) is 24.5. The number of esters is 1. The number of benzene rings is 2. The molecule has 1 atom stereocenters. The quantitative estimate of drug-likeness (QED) is 0.735. The summed E-state index contributed by atoms with van der Waals surface area (Å²) in [6, 6.07) is 14.2. The molecule has 0 bridgehead atoms. The van der Waals surface area contributed by atoms with Crippen molar-refractivity contribution in [1.82, 2.24) is 5.32 Å². The van der Waals surface area contributed by atoms with E-state index in [9.17, 15) is 9.59 Å². The van der Waals surface area contributed by atoms with Crippen LogP contribution < -0.4 is 5.32 Å². The predicted molar refractivity (Wildman–Crippen MR) is 99.1 cm³/mol. The zero-order valence-electron chi connectivity index (χ0n) is 13.8. The first-order valence-electron chi connectivity index (χ1n) is 7.95. The molecule has 0 aromatic heterocycles. The number of halogens is 2. The van der Waals surface area contributed by atoms with E-state index in [0.29, 0.717) is 16.5 Å². The van der Waals surface area contributed by atoms with Crippen molar-refractivity contribution in [2.45, 2.75) is 13.3 Å². The van der Waals surface area contributed by atoms with E-state index in [0.717, 1.165) is 5.56 Å². The van der Waals surface area contributed by atoms with Crippen molar-refractivity contribution >= 4 is 35.1 Å². The minimum atomic E-state index is -0.482. The molecule has 0 saturated heterocycles. The highest BCUT2D eigenvalue weighted by atomic mass is 35.5. The summed E-state index contributed by atoms with van der Waals surface area (Å²) in [6.07, 6.45) is 0.475. The topological polar surface area (TPSA) is 55.4 Å². The Morgan fingerprint density at radius 2 is 1.84 bits per heavy atom. The smallest absolute Gasteiger partial charge is 0.311 e. The maximum Gasteiger partial charge on any atom is 0.311 e. The molecule has 0 saturated carbocycles. The number of ether oxygens (including phenoxy) is 1. The summed E-state index contributed by atoms with van der Waals surface area (Å²) in [6.45, 7) is 2.19. The van der Waals surface area contributed by atoms with Gasteiger partial charge in [0.25, 0.3) is 5.91 Å². The first-order chi connectivity index (χ1) is 12.0. The summed E-state index contributed by atoms with van der Waals surface area (Å²) in [5, 5.41) is 3.46. The lowest BCUT2D eigenvalue weighted by Gasteiger charge is -2.17. The van der Waals surface area contributed by atoms with Gasteiger partial charge in [-0.15, -0.1) is 0 Å². The number of hydrogen-bond acceptors (Lipinski definition) is 3. The molecular formula is C19H19Cl2NO3. The van der Waals surface area contributed by atoms with Gasteiger partial charge in [-0.2, -0.15) is 0 Å². The molecule has 4 nitrogen and oxygen atoms in total. The average Bonchev–Trinajstić information content (AvgIpc) is 2.61. The van der Waals surface area contributed by atoms with Gasteiger partial charge in [0.2, 0.25) is 0 Å². The van der Waals surface area contributed by atoms with Crippen LogP contribution >= 0.6 is 23.2 Å². The van der Waals surface area contributed by atoms with Gasteiger partial charge >= 0.3 is 5.97 Å². The van der Waals surface area contributed by atoms with Crippen molar-refractivity contribution in [2.24, 2.45) is 5.92 Å². The Morgan fingerprint density at radius 1 is 1.12 bits per heavy atom. The summed E-state index contributed by atoms with van der Waals surface area (Å²) >= 11 is 11.9. The predicted octanol–water partition coefficient (Wildman–Crippen LogP) is 4.15. The van der Waals surface area contributed by atoms with Crippen molar-refractivity contribution in [1.29, 1.82) is 0 Å². The zero-order chi connectivity index (χ0) is 18.2. The van der Waals surface area contributed by atoms with Gasteiger partial charge in [-0.25, -0.2) is 0 Å². The van der Waals surface area contributed by atoms with Crippen LogP contribution in [0.15, 0.2) is 48.5 Å². The van der Waals surface area contributed by atoms with Gasteiger partial charge in [0.1, 0.15) is 0 Å². The largest absolute Gasteiger partial charge is 0.466 e. The van der Waals surface area contributed by atoms with E-state index in [1.54, 1.807) is 19.1 Å². The van der Waals surface area contributed by atoms with Crippen LogP contribution in [0.2, 0.25) is 10.0 Å². The molecule has 0 spiro atoms. The third kappa shape index (κ3) is 5.76. The number of rotatable bonds is 7. The van der Waals surface area contributed by atoms with E-state index in [1.165, 1.54) is 6.07 Å². The highest BCUT2D eigenvalue weighted by Crippen LogP contribution is 2.20. The van der Waals surface area contributed by atoms with Crippen LogP contribution in [0, 0.1) is 5.92 Å². The minimum absolute atomic E-state index is 0.148. The van der Waals surface area contributed by atoms with Crippen molar-refractivity contribution in [2.75, 3.05) is 13.2 Å². The van der Waals surface area contributed by atoms with E-state index >= 15 is 0 Å². The fraction of sp³-hybridized carbons (Fsp3) is 0.263. The third-order valence-electron chi connectivity index (χ3n) is 3.63. The Labute approximate surface area is 157 Å². The summed E-state index contributed by atoms with van der Waals surface area (Å²) in [5.41, 5.74) is 1.27. The van der Waals surface area contributed by atoms with Gasteiger partial charge < -0.3 is 10.1 Å². The Kier molecular flexibility index (Phi) is 7.29. The number of amides is 1. The molecule has 0 heterocycles. The second-order valence-electron chi connectivity index (χ2n) is 5.47. The molecule has 6 heteroatoms. The van der Waals surface area contributed by atoms with Gasteiger partial charge in [0.05, 0.1) is 23.1 Å². The van der Waals surface area contributed by atoms with Crippen molar-refractivity contribution in [3.8, 4) is 0 Å². The molecular weight excluding hydrogens is 361 g/mol. The molecule has 1 amide bonds. The van der Waals surface area contributed by atoms with E-state index in [1.807, 2.05) is 30.3 Å². The van der Waals surface area contributed by atoms with Gasteiger partial charge in [-0.3, -0.25) is 9.59 Å². The Balaban J connectivity index is 2.07. The molecule has 2 rings (SSSR count). The molecule has 2 aromatic carbocycles. The highest BCUT2D eigenvalue weighted by molar-refractivity contribution is 6.35. The van der Waals surface area contributed by atoms with Crippen LogP contribution in [-0.4, -0.2) is 25.0 Å². The molecule has 0 aliphatic carbocycles. The molecule has 0 fully saturated rings. The van der Waals surface area contributed by atoms with E-state index in [4.69, 9.17) is 27.9 Å². The van der Waals surface area contributed by atoms with Crippen LogP contribution in [0.1, 0.15) is 22.8 Å². The number of hydrogen-bond donors (Lipinski definition) is 1. The summed E-state index contributed by atoms with van der Waals surface area (Å²) < 4.78 is 5.12. The molecule has 132 valence electrons. The fourth-order valence-corrected chi connectivity index (χ4v) is 2.76. The van der Waals surface area contributed by atoms with E-state index in [-0.39, 0.29) is 30.6 Å². The van der Waals surface area contributed by atoms with Crippen LogP contribution in [0.4, 0.5) is 0 Å². The van der Waals surface area contributed by atoms with Crippen molar-refractivity contribution in [3.05, 3.63) is 69.7 Å². The van der Waals surface area contributed by atoms with Gasteiger partial charge in [0, 0.05) is 11.6 Å².